The van der Waals surface area contributed by atoms with E-state index in [-0.39, 0.29) is 15.6 Å². The van der Waals surface area contributed by atoms with Crippen LogP contribution in [0.2, 0.25) is 0 Å². The van der Waals surface area contributed by atoms with Gasteiger partial charge in [-0.1, -0.05) is 28.1 Å². The molecule has 0 aliphatic heterocycles. The van der Waals surface area contributed by atoms with Crippen molar-refractivity contribution in [1.29, 1.82) is 0 Å². The molecule has 1 atom stereocenters. The molecule has 0 aliphatic rings. The van der Waals surface area contributed by atoms with Crippen molar-refractivity contribution in [3.8, 4) is 0 Å². The molecule has 0 aliphatic carbocycles. The van der Waals surface area contributed by atoms with Crippen LogP contribution in [-0.4, -0.2) is 5.11 Å². The van der Waals surface area contributed by atoms with E-state index >= 15 is 0 Å². The Balaban J connectivity index is 2.51. The van der Waals surface area contributed by atoms with Crippen LogP contribution in [0.15, 0.2) is 45.3 Å². The molecular formula is C13H8Br2F2O. The number of aliphatic hydroxyl groups excluding tert-OH is 1. The zero-order chi connectivity index (χ0) is 13.3. The summed E-state index contributed by atoms with van der Waals surface area (Å²) in [5.41, 5.74) is 0.377. The standard InChI is InChI=1S/C13H8Br2F2O/c14-7-4-5-10(16)9(6-7)13(18)8-2-1-3-11(17)12(8)15/h1-6,13,18H. The van der Waals surface area contributed by atoms with Gasteiger partial charge in [0.15, 0.2) is 0 Å². The molecule has 0 saturated carbocycles. The van der Waals surface area contributed by atoms with Crippen molar-refractivity contribution in [1.82, 2.24) is 0 Å². The highest BCUT2D eigenvalue weighted by Crippen LogP contribution is 2.32. The van der Waals surface area contributed by atoms with Crippen molar-refractivity contribution in [2.24, 2.45) is 0 Å². The molecular weight excluding hydrogens is 370 g/mol. The van der Waals surface area contributed by atoms with Gasteiger partial charge in [-0.05, 0) is 40.2 Å². The van der Waals surface area contributed by atoms with Gasteiger partial charge in [-0.25, -0.2) is 8.78 Å². The summed E-state index contributed by atoms with van der Waals surface area (Å²) in [5.74, 6) is -1.04. The van der Waals surface area contributed by atoms with E-state index in [1.165, 1.54) is 36.4 Å². The smallest absolute Gasteiger partial charge is 0.137 e. The number of hydrogen-bond acceptors (Lipinski definition) is 1. The minimum Gasteiger partial charge on any atom is -0.384 e. The average molecular weight is 378 g/mol. The molecule has 0 aromatic heterocycles. The molecule has 0 bridgehead atoms. The van der Waals surface area contributed by atoms with E-state index in [4.69, 9.17) is 0 Å². The van der Waals surface area contributed by atoms with Gasteiger partial charge < -0.3 is 5.11 Å². The summed E-state index contributed by atoms with van der Waals surface area (Å²) in [6.45, 7) is 0. The molecule has 0 saturated heterocycles. The van der Waals surface area contributed by atoms with Gasteiger partial charge in [0.2, 0.25) is 0 Å². The Labute approximate surface area is 120 Å². The van der Waals surface area contributed by atoms with E-state index in [0.717, 1.165) is 0 Å². The summed E-state index contributed by atoms with van der Waals surface area (Å²) in [6.07, 6.45) is -1.23. The maximum Gasteiger partial charge on any atom is 0.137 e. The summed E-state index contributed by atoms with van der Waals surface area (Å²) in [4.78, 5) is 0. The number of hydrogen-bond donors (Lipinski definition) is 1. The van der Waals surface area contributed by atoms with Crippen LogP contribution in [0.5, 0.6) is 0 Å². The van der Waals surface area contributed by atoms with Crippen LogP contribution in [0.4, 0.5) is 8.78 Å². The first-order valence-corrected chi connectivity index (χ1v) is 6.66. The van der Waals surface area contributed by atoms with E-state index in [9.17, 15) is 13.9 Å². The molecule has 0 heterocycles. The quantitative estimate of drug-likeness (QED) is 0.812. The van der Waals surface area contributed by atoms with Gasteiger partial charge in [0.05, 0.1) is 4.47 Å². The Hall–Kier alpha value is -0.780. The van der Waals surface area contributed by atoms with Crippen LogP contribution in [0, 0.1) is 11.6 Å². The molecule has 1 N–H and O–H groups in total. The maximum atomic E-state index is 13.6. The minimum atomic E-state index is -1.23. The summed E-state index contributed by atoms with van der Waals surface area (Å²) in [6, 6.07) is 8.52. The number of rotatable bonds is 2. The van der Waals surface area contributed by atoms with Crippen LogP contribution in [-0.2, 0) is 0 Å². The molecule has 2 rings (SSSR count). The average Bonchev–Trinajstić information content (AvgIpc) is 2.35. The second-order valence-corrected chi connectivity index (χ2v) is 5.42. The van der Waals surface area contributed by atoms with Crippen molar-refractivity contribution in [3.63, 3.8) is 0 Å². The first-order valence-electron chi connectivity index (χ1n) is 5.07. The Morgan fingerprint density at radius 2 is 1.67 bits per heavy atom. The Morgan fingerprint density at radius 1 is 0.944 bits per heavy atom. The van der Waals surface area contributed by atoms with Gasteiger partial charge in [0.25, 0.3) is 0 Å². The van der Waals surface area contributed by atoms with Crippen molar-refractivity contribution >= 4 is 31.9 Å². The second kappa shape index (κ2) is 5.47. The Bertz CT molecular complexity index is 585. The molecule has 0 amide bonds. The molecule has 2 aromatic rings. The third-order valence-electron chi connectivity index (χ3n) is 2.53. The molecule has 2 aromatic carbocycles. The third kappa shape index (κ3) is 2.63. The van der Waals surface area contributed by atoms with Gasteiger partial charge in [0, 0.05) is 15.6 Å². The van der Waals surface area contributed by atoms with Crippen LogP contribution in [0.1, 0.15) is 17.2 Å². The van der Waals surface area contributed by atoms with Crippen molar-refractivity contribution in [2.75, 3.05) is 0 Å². The molecule has 1 unspecified atom stereocenters. The van der Waals surface area contributed by atoms with Crippen molar-refractivity contribution in [3.05, 3.63) is 68.1 Å². The highest BCUT2D eigenvalue weighted by atomic mass is 79.9. The van der Waals surface area contributed by atoms with Crippen LogP contribution < -0.4 is 0 Å². The first kappa shape index (κ1) is 13.6. The Morgan fingerprint density at radius 3 is 2.39 bits per heavy atom. The molecule has 5 heteroatoms. The molecule has 0 fully saturated rings. The van der Waals surface area contributed by atoms with Crippen LogP contribution in [0.25, 0.3) is 0 Å². The molecule has 1 nitrogen and oxygen atoms in total. The lowest BCUT2D eigenvalue weighted by Crippen LogP contribution is -2.04. The SMILES string of the molecule is OC(c1cc(Br)ccc1F)c1cccc(F)c1Br. The van der Waals surface area contributed by atoms with Crippen molar-refractivity contribution in [2.45, 2.75) is 6.10 Å². The fourth-order valence-electron chi connectivity index (χ4n) is 1.62. The highest BCUT2D eigenvalue weighted by molar-refractivity contribution is 9.10. The molecule has 0 spiro atoms. The van der Waals surface area contributed by atoms with Crippen LogP contribution >= 0.6 is 31.9 Å². The molecule has 18 heavy (non-hydrogen) atoms. The fraction of sp³-hybridized carbons (Fsp3) is 0.0769. The summed E-state index contributed by atoms with van der Waals surface area (Å²) >= 11 is 6.26. The van der Waals surface area contributed by atoms with E-state index < -0.39 is 17.7 Å². The van der Waals surface area contributed by atoms with E-state index in [1.807, 2.05) is 0 Å². The van der Waals surface area contributed by atoms with E-state index in [1.54, 1.807) is 0 Å². The van der Waals surface area contributed by atoms with Crippen molar-refractivity contribution < 1.29 is 13.9 Å². The highest BCUT2D eigenvalue weighted by Gasteiger charge is 2.19. The zero-order valence-corrected chi connectivity index (χ0v) is 12.2. The number of aliphatic hydroxyl groups is 1. The topological polar surface area (TPSA) is 20.2 Å². The predicted octanol–water partition coefficient (Wildman–Crippen LogP) is 4.57. The monoisotopic (exact) mass is 376 g/mol. The van der Waals surface area contributed by atoms with Gasteiger partial charge in [0.1, 0.15) is 17.7 Å². The zero-order valence-electron chi connectivity index (χ0n) is 9.00. The maximum absolute atomic E-state index is 13.6. The van der Waals surface area contributed by atoms with Gasteiger partial charge in [-0.3, -0.25) is 0 Å². The number of benzene rings is 2. The molecule has 0 radical (unpaired) electrons. The van der Waals surface area contributed by atoms with Gasteiger partial charge >= 0.3 is 0 Å². The fourth-order valence-corrected chi connectivity index (χ4v) is 2.48. The minimum absolute atomic E-state index is 0.0932. The summed E-state index contributed by atoms with van der Waals surface area (Å²) < 4.78 is 27.8. The lowest BCUT2D eigenvalue weighted by Gasteiger charge is -2.14. The third-order valence-corrected chi connectivity index (χ3v) is 3.86. The Kier molecular flexibility index (Phi) is 4.14. The van der Waals surface area contributed by atoms with Gasteiger partial charge in [-0.2, -0.15) is 0 Å². The summed E-state index contributed by atoms with van der Waals surface area (Å²) in [7, 11) is 0. The van der Waals surface area contributed by atoms with E-state index in [0.29, 0.717) is 4.47 Å². The largest absolute Gasteiger partial charge is 0.384 e. The van der Waals surface area contributed by atoms with E-state index in [2.05, 4.69) is 31.9 Å². The first-order chi connectivity index (χ1) is 8.50. The number of halogens is 4. The molecule has 94 valence electrons. The normalized spacial score (nSPS) is 12.5. The predicted molar refractivity (Wildman–Crippen MR) is 72.3 cm³/mol. The summed E-state index contributed by atoms with van der Waals surface area (Å²) in [5, 5.41) is 10.1. The second-order valence-electron chi connectivity index (χ2n) is 3.71. The van der Waals surface area contributed by atoms with Gasteiger partial charge in [-0.15, -0.1) is 0 Å². The lowest BCUT2D eigenvalue weighted by atomic mass is 10.0. The lowest BCUT2D eigenvalue weighted by molar-refractivity contribution is 0.213. The van der Waals surface area contributed by atoms with Crippen LogP contribution in [0.3, 0.4) is 0 Å².